The van der Waals surface area contributed by atoms with Gasteiger partial charge in [0.2, 0.25) is 0 Å². The Balaban J connectivity index is 0.00000144. The summed E-state index contributed by atoms with van der Waals surface area (Å²) in [6.45, 7) is 0. The van der Waals surface area contributed by atoms with E-state index in [2.05, 4.69) is 0 Å². The molecule has 0 saturated heterocycles. The standard InChI is InChI=1S/C16H8O6.2Li/c17-13-7-3-1-2-4-8(7)14(18)11-9(13)5-6-10(15(19)20)12(11)16(21)22;;/h1-6H,(H,19,20)(H,21,22);;/q;2*+1/p-2. The topological polar surface area (TPSA) is 114 Å². The molecule has 0 heterocycles. The Kier molecular flexibility index (Phi) is 6.00. The van der Waals surface area contributed by atoms with Crippen molar-refractivity contribution in [3.05, 3.63) is 69.8 Å². The molecule has 1 aliphatic carbocycles. The zero-order chi connectivity index (χ0) is 16.0. The minimum absolute atomic E-state index is 0. The molecule has 0 bridgehead atoms. The molecule has 1 aliphatic rings. The molecule has 0 spiro atoms. The molecule has 24 heavy (non-hydrogen) atoms. The average Bonchev–Trinajstić information content (AvgIpc) is 2.51. The van der Waals surface area contributed by atoms with E-state index in [1.54, 1.807) is 6.07 Å². The van der Waals surface area contributed by atoms with Gasteiger partial charge < -0.3 is 19.8 Å². The average molecular weight is 308 g/mol. The van der Waals surface area contributed by atoms with Gasteiger partial charge in [0.15, 0.2) is 11.6 Å². The quantitative estimate of drug-likeness (QED) is 0.435. The SMILES string of the molecule is O=C([O-])c1ccc2c(c1C(=O)[O-])C(=O)c1ccccc1C2=O.[Li+].[Li+]. The van der Waals surface area contributed by atoms with Crippen LogP contribution in [0, 0.1) is 0 Å². The first-order valence-electron chi connectivity index (χ1n) is 6.21. The summed E-state index contributed by atoms with van der Waals surface area (Å²) >= 11 is 0. The summed E-state index contributed by atoms with van der Waals surface area (Å²) < 4.78 is 0. The number of benzene rings is 2. The Morgan fingerprint density at radius 3 is 1.75 bits per heavy atom. The van der Waals surface area contributed by atoms with Gasteiger partial charge in [-0.05, 0) is 6.07 Å². The zero-order valence-electron chi connectivity index (χ0n) is 12.9. The third-order valence-electron chi connectivity index (χ3n) is 3.52. The molecule has 3 rings (SSSR count). The number of carbonyl (C=O) groups is 4. The number of carboxylic acids is 2. The first-order chi connectivity index (χ1) is 10.4. The number of carboxylic acid groups (broad SMARTS) is 2. The maximum Gasteiger partial charge on any atom is 1.00 e. The number of fused-ring (bicyclic) bond motifs is 2. The molecule has 0 unspecified atom stereocenters. The second kappa shape index (κ2) is 7.21. The van der Waals surface area contributed by atoms with Crippen molar-refractivity contribution in [1.82, 2.24) is 0 Å². The van der Waals surface area contributed by atoms with Crippen molar-refractivity contribution in [2.45, 2.75) is 0 Å². The molecule has 108 valence electrons. The Labute approximate surface area is 160 Å². The summed E-state index contributed by atoms with van der Waals surface area (Å²) in [7, 11) is 0. The van der Waals surface area contributed by atoms with Crippen LogP contribution in [0.25, 0.3) is 0 Å². The first-order valence-corrected chi connectivity index (χ1v) is 6.21. The first kappa shape index (κ1) is 20.0. The van der Waals surface area contributed by atoms with Gasteiger partial charge in [-0.15, -0.1) is 0 Å². The number of ketones is 2. The number of aromatic carboxylic acids is 2. The maximum absolute atomic E-state index is 12.5. The summed E-state index contributed by atoms with van der Waals surface area (Å²) in [5.74, 6) is -4.89. The summed E-state index contributed by atoms with van der Waals surface area (Å²) in [6, 6.07) is 7.97. The zero-order valence-corrected chi connectivity index (χ0v) is 12.9. The van der Waals surface area contributed by atoms with Crippen LogP contribution in [0.5, 0.6) is 0 Å². The largest absolute Gasteiger partial charge is 1.00 e. The minimum atomic E-state index is -1.85. The van der Waals surface area contributed by atoms with E-state index in [0.717, 1.165) is 12.1 Å². The van der Waals surface area contributed by atoms with Crippen LogP contribution in [0.3, 0.4) is 0 Å². The Morgan fingerprint density at radius 2 is 1.25 bits per heavy atom. The van der Waals surface area contributed by atoms with E-state index in [4.69, 9.17) is 0 Å². The van der Waals surface area contributed by atoms with E-state index >= 15 is 0 Å². The maximum atomic E-state index is 12.5. The van der Waals surface area contributed by atoms with Crippen LogP contribution in [-0.2, 0) is 0 Å². The summed E-state index contributed by atoms with van der Waals surface area (Å²) in [5.41, 5.74) is -1.98. The molecule has 0 atom stereocenters. The van der Waals surface area contributed by atoms with E-state index in [1.165, 1.54) is 18.2 Å². The van der Waals surface area contributed by atoms with Gasteiger partial charge in [0, 0.05) is 33.4 Å². The fourth-order valence-corrected chi connectivity index (χ4v) is 2.57. The molecular weight excluding hydrogens is 302 g/mol. The normalized spacial score (nSPS) is 11.5. The monoisotopic (exact) mass is 308 g/mol. The third-order valence-corrected chi connectivity index (χ3v) is 3.52. The molecule has 2 aromatic carbocycles. The molecule has 0 radical (unpaired) electrons. The van der Waals surface area contributed by atoms with Crippen molar-refractivity contribution in [3.63, 3.8) is 0 Å². The van der Waals surface area contributed by atoms with Gasteiger partial charge in [-0.25, -0.2) is 0 Å². The number of hydrogen-bond acceptors (Lipinski definition) is 6. The van der Waals surface area contributed by atoms with Crippen molar-refractivity contribution in [1.29, 1.82) is 0 Å². The van der Waals surface area contributed by atoms with Crippen LogP contribution in [0.15, 0.2) is 36.4 Å². The van der Waals surface area contributed by atoms with Crippen molar-refractivity contribution in [3.8, 4) is 0 Å². The van der Waals surface area contributed by atoms with E-state index in [0.29, 0.717) is 0 Å². The van der Waals surface area contributed by atoms with Gasteiger partial charge in [-0.1, -0.05) is 30.3 Å². The van der Waals surface area contributed by atoms with Crippen molar-refractivity contribution in [2.24, 2.45) is 0 Å². The van der Waals surface area contributed by atoms with Gasteiger partial charge in [-0.2, -0.15) is 0 Å². The fraction of sp³-hybridized carbons (Fsp3) is 0. The molecular formula is C16H6Li2O6. The summed E-state index contributed by atoms with van der Waals surface area (Å²) in [6.07, 6.45) is 0. The van der Waals surface area contributed by atoms with Crippen molar-refractivity contribution >= 4 is 23.5 Å². The third kappa shape index (κ3) is 2.86. The number of rotatable bonds is 2. The smallest absolute Gasteiger partial charge is 0.545 e. The van der Waals surface area contributed by atoms with Crippen LogP contribution < -0.4 is 47.9 Å². The Bertz CT molecular complexity index is 888. The molecule has 0 amide bonds. The predicted octanol–water partition coefficient (Wildman–Crippen LogP) is -6.80. The van der Waals surface area contributed by atoms with E-state index < -0.39 is 40.2 Å². The van der Waals surface area contributed by atoms with Gasteiger partial charge in [0.1, 0.15) is 0 Å². The molecule has 0 N–H and O–H groups in total. The Hall–Kier alpha value is -2.09. The number of carbonyl (C=O) groups excluding carboxylic acids is 4. The van der Waals surface area contributed by atoms with Crippen LogP contribution in [-0.4, -0.2) is 23.5 Å². The van der Waals surface area contributed by atoms with E-state index in [1.807, 2.05) is 0 Å². The van der Waals surface area contributed by atoms with Crippen LogP contribution in [0.4, 0.5) is 0 Å². The molecule has 2 aromatic rings. The molecule has 0 saturated carbocycles. The van der Waals surface area contributed by atoms with Crippen LogP contribution >= 0.6 is 0 Å². The molecule has 0 fully saturated rings. The Morgan fingerprint density at radius 1 is 0.708 bits per heavy atom. The van der Waals surface area contributed by atoms with Crippen molar-refractivity contribution < 1.29 is 67.1 Å². The molecule has 8 heteroatoms. The summed E-state index contributed by atoms with van der Waals surface area (Å²) in [5, 5.41) is 22.3. The summed E-state index contributed by atoms with van der Waals surface area (Å²) in [4.78, 5) is 47.2. The van der Waals surface area contributed by atoms with Gasteiger partial charge in [0.05, 0.1) is 11.9 Å². The van der Waals surface area contributed by atoms with E-state index in [-0.39, 0.29) is 54.4 Å². The molecule has 0 aromatic heterocycles. The predicted molar refractivity (Wildman–Crippen MR) is 68.4 cm³/mol. The van der Waals surface area contributed by atoms with Gasteiger partial charge in [-0.3, -0.25) is 9.59 Å². The van der Waals surface area contributed by atoms with Gasteiger partial charge in [0.25, 0.3) is 0 Å². The van der Waals surface area contributed by atoms with Gasteiger partial charge >= 0.3 is 37.7 Å². The minimum Gasteiger partial charge on any atom is -0.545 e. The molecule has 0 aliphatic heterocycles. The number of hydrogen-bond donors (Lipinski definition) is 0. The van der Waals surface area contributed by atoms with Crippen LogP contribution in [0.1, 0.15) is 52.6 Å². The second-order valence-electron chi connectivity index (χ2n) is 4.69. The van der Waals surface area contributed by atoms with Crippen LogP contribution in [0.2, 0.25) is 0 Å². The van der Waals surface area contributed by atoms with Crippen molar-refractivity contribution in [2.75, 3.05) is 0 Å². The second-order valence-corrected chi connectivity index (χ2v) is 4.69. The van der Waals surface area contributed by atoms with E-state index in [9.17, 15) is 29.4 Å². The fourth-order valence-electron chi connectivity index (χ4n) is 2.57. The molecule has 6 nitrogen and oxygen atoms in total.